The van der Waals surface area contributed by atoms with Crippen LogP contribution in [0.25, 0.3) is 11.3 Å². The molecule has 1 aromatic heterocycles. The number of nitrogens with one attached hydrogen (secondary N) is 1. The van der Waals surface area contributed by atoms with E-state index >= 15 is 0 Å². The normalized spacial score (nSPS) is 9.93. The molecule has 0 saturated heterocycles. The lowest BCUT2D eigenvalue weighted by atomic mass is 10.2. The Kier molecular flexibility index (Phi) is 2.49. The van der Waals surface area contributed by atoms with Gasteiger partial charge in [-0.15, -0.1) is 5.10 Å². The fraction of sp³-hybridized carbons (Fsp3) is 0.0909. The summed E-state index contributed by atoms with van der Waals surface area (Å²) < 4.78 is 4.84. The topological polar surface area (TPSA) is 55.0 Å². The lowest BCUT2D eigenvalue weighted by molar-refractivity contribution is -0.132. The number of rotatable bonds is 2. The van der Waals surface area contributed by atoms with E-state index in [0.29, 0.717) is 5.88 Å². The number of carbonyl (C=O) groups is 1. The average Bonchev–Trinajstić information content (AvgIpc) is 2.67. The fourth-order valence-electron chi connectivity index (χ4n) is 1.27. The Morgan fingerprint density at radius 3 is 2.73 bits per heavy atom. The van der Waals surface area contributed by atoms with Crippen LogP contribution in [-0.2, 0) is 4.79 Å². The number of aromatic nitrogens is 2. The third kappa shape index (κ3) is 2.22. The highest BCUT2D eigenvalue weighted by Gasteiger charge is 2.05. The first-order valence-electron chi connectivity index (χ1n) is 4.55. The van der Waals surface area contributed by atoms with Crippen molar-refractivity contribution in [3.05, 3.63) is 36.4 Å². The first-order chi connectivity index (χ1) is 7.25. The van der Waals surface area contributed by atoms with Crippen molar-refractivity contribution in [3.63, 3.8) is 0 Å². The van der Waals surface area contributed by atoms with Crippen LogP contribution >= 0.6 is 0 Å². The van der Waals surface area contributed by atoms with Gasteiger partial charge in [-0.25, -0.2) is 0 Å². The van der Waals surface area contributed by atoms with E-state index in [9.17, 15) is 4.79 Å². The van der Waals surface area contributed by atoms with E-state index in [1.54, 1.807) is 6.07 Å². The minimum absolute atomic E-state index is 0.293. The maximum Gasteiger partial charge on any atom is 0.309 e. The standard InChI is InChI=1S/C11H10N2O2/c1-8(14)15-11-7-10(12-13-11)9-5-3-2-4-6-9/h2-7H,1H3,(H,12,13). The molecule has 2 aromatic rings. The second kappa shape index (κ2) is 3.96. The Morgan fingerprint density at radius 1 is 1.33 bits per heavy atom. The summed E-state index contributed by atoms with van der Waals surface area (Å²) in [6.07, 6.45) is 0. The average molecular weight is 202 g/mol. The van der Waals surface area contributed by atoms with Gasteiger partial charge in [0.25, 0.3) is 0 Å². The Labute approximate surface area is 86.9 Å². The van der Waals surface area contributed by atoms with Gasteiger partial charge in [-0.1, -0.05) is 30.3 Å². The number of hydrogen-bond donors (Lipinski definition) is 1. The number of nitrogens with zero attached hydrogens (tertiary/aromatic N) is 1. The van der Waals surface area contributed by atoms with E-state index in [0.717, 1.165) is 11.3 Å². The van der Waals surface area contributed by atoms with E-state index in [1.807, 2.05) is 30.3 Å². The molecule has 0 saturated carbocycles. The zero-order valence-electron chi connectivity index (χ0n) is 8.23. The van der Waals surface area contributed by atoms with Crippen LogP contribution < -0.4 is 4.74 Å². The van der Waals surface area contributed by atoms with Crippen LogP contribution in [0.2, 0.25) is 0 Å². The van der Waals surface area contributed by atoms with E-state index in [2.05, 4.69) is 10.2 Å². The largest absolute Gasteiger partial charge is 0.406 e. The minimum atomic E-state index is -0.374. The van der Waals surface area contributed by atoms with Crippen molar-refractivity contribution >= 4 is 5.97 Å². The molecule has 15 heavy (non-hydrogen) atoms. The molecular formula is C11H10N2O2. The first kappa shape index (κ1) is 9.45. The number of esters is 1. The van der Waals surface area contributed by atoms with Crippen LogP contribution in [0.5, 0.6) is 5.88 Å². The summed E-state index contributed by atoms with van der Waals surface area (Å²) in [6, 6.07) is 11.4. The third-order valence-electron chi connectivity index (χ3n) is 1.89. The second-order valence-electron chi connectivity index (χ2n) is 3.08. The molecule has 0 bridgehead atoms. The lowest BCUT2D eigenvalue weighted by Gasteiger charge is -1.94. The monoisotopic (exact) mass is 202 g/mol. The summed E-state index contributed by atoms with van der Waals surface area (Å²) in [5.41, 5.74) is 1.83. The lowest BCUT2D eigenvalue weighted by Crippen LogP contribution is -2.01. The maximum absolute atomic E-state index is 10.7. The number of carbonyl (C=O) groups excluding carboxylic acids is 1. The van der Waals surface area contributed by atoms with Crippen LogP contribution in [0.15, 0.2) is 36.4 Å². The van der Waals surface area contributed by atoms with Gasteiger partial charge in [0.2, 0.25) is 5.88 Å². The van der Waals surface area contributed by atoms with Crippen molar-refractivity contribution in [2.45, 2.75) is 6.92 Å². The quantitative estimate of drug-likeness (QED) is 0.758. The highest BCUT2D eigenvalue weighted by Crippen LogP contribution is 2.20. The molecule has 0 aliphatic rings. The van der Waals surface area contributed by atoms with Crippen LogP contribution in [0.3, 0.4) is 0 Å². The van der Waals surface area contributed by atoms with Gasteiger partial charge in [-0.2, -0.15) is 0 Å². The van der Waals surface area contributed by atoms with E-state index in [-0.39, 0.29) is 5.97 Å². The molecule has 0 atom stereocenters. The van der Waals surface area contributed by atoms with Crippen molar-refractivity contribution in [3.8, 4) is 17.1 Å². The highest BCUT2D eigenvalue weighted by atomic mass is 16.5. The fourth-order valence-corrected chi connectivity index (χ4v) is 1.27. The molecule has 1 heterocycles. The van der Waals surface area contributed by atoms with Crippen molar-refractivity contribution in [2.75, 3.05) is 0 Å². The molecule has 4 nitrogen and oxygen atoms in total. The summed E-state index contributed by atoms with van der Waals surface area (Å²) in [7, 11) is 0. The van der Waals surface area contributed by atoms with Gasteiger partial charge >= 0.3 is 5.97 Å². The van der Waals surface area contributed by atoms with Crippen LogP contribution in [0.1, 0.15) is 6.92 Å². The summed E-state index contributed by atoms with van der Waals surface area (Å²) >= 11 is 0. The van der Waals surface area contributed by atoms with E-state index in [4.69, 9.17) is 4.74 Å². The molecule has 0 fully saturated rings. The van der Waals surface area contributed by atoms with Crippen LogP contribution in [0, 0.1) is 0 Å². The predicted molar refractivity (Wildman–Crippen MR) is 55.3 cm³/mol. The Balaban J connectivity index is 2.24. The maximum atomic E-state index is 10.7. The molecule has 0 amide bonds. The first-order valence-corrected chi connectivity index (χ1v) is 4.55. The number of ether oxygens (including phenoxy) is 1. The summed E-state index contributed by atoms with van der Waals surface area (Å²) in [5.74, 6) is -0.0811. The Hall–Kier alpha value is -2.10. The zero-order chi connectivity index (χ0) is 10.7. The second-order valence-corrected chi connectivity index (χ2v) is 3.08. The van der Waals surface area contributed by atoms with Gasteiger partial charge < -0.3 is 4.74 Å². The van der Waals surface area contributed by atoms with Crippen molar-refractivity contribution in [1.29, 1.82) is 0 Å². The molecule has 4 heteroatoms. The molecule has 76 valence electrons. The molecule has 1 N–H and O–H groups in total. The molecule has 1 aromatic carbocycles. The molecule has 0 radical (unpaired) electrons. The van der Waals surface area contributed by atoms with Crippen molar-refractivity contribution in [2.24, 2.45) is 0 Å². The molecule has 0 aliphatic carbocycles. The number of hydrogen-bond acceptors (Lipinski definition) is 3. The Bertz CT molecular complexity index is 462. The zero-order valence-corrected chi connectivity index (χ0v) is 8.23. The molecular weight excluding hydrogens is 192 g/mol. The van der Waals surface area contributed by atoms with Crippen molar-refractivity contribution < 1.29 is 9.53 Å². The van der Waals surface area contributed by atoms with Crippen LogP contribution in [-0.4, -0.2) is 16.2 Å². The van der Waals surface area contributed by atoms with Gasteiger partial charge in [0.15, 0.2) is 0 Å². The minimum Gasteiger partial charge on any atom is -0.406 e. The molecule has 0 spiro atoms. The van der Waals surface area contributed by atoms with E-state index in [1.165, 1.54) is 6.92 Å². The third-order valence-corrected chi connectivity index (χ3v) is 1.89. The predicted octanol–water partition coefficient (Wildman–Crippen LogP) is 2.00. The number of aromatic amines is 1. The van der Waals surface area contributed by atoms with E-state index < -0.39 is 0 Å². The van der Waals surface area contributed by atoms with Crippen LogP contribution in [0.4, 0.5) is 0 Å². The molecule has 0 unspecified atom stereocenters. The van der Waals surface area contributed by atoms with Crippen molar-refractivity contribution in [1.82, 2.24) is 10.2 Å². The SMILES string of the molecule is CC(=O)Oc1cc(-c2ccccc2)[nH]n1. The number of H-pyrrole nitrogens is 1. The van der Waals surface area contributed by atoms with Gasteiger partial charge in [-0.3, -0.25) is 9.89 Å². The van der Waals surface area contributed by atoms with Gasteiger partial charge in [0, 0.05) is 13.0 Å². The summed E-state index contributed by atoms with van der Waals surface area (Å²) in [4.78, 5) is 10.7. The van der Waals surface area contributed by atoms with Gasteiger partial charge in [0.05, 0.1) is 5.69 Å². The number of benzene rings is 1. The molecule has 2 rings (SSSR count). The highest BCUT2D eigenvalue weighted by molar-refractivity contribution is 5.69. The Morgan fingerprint density at radius 2 is 2.07 bits per heavy atom. The summed E-state index contributed by atoms with van der Waals surface area (Å²) in [6.45, 7) is 1.34. The van der Waals surface area contributed by atoms with Gasteiger partial charge in [0.1, 0.15) is 0 Å². The molecule has 0 aliphatic heterocycles. The smallest absolute Gasteiger partial charge is 0.309 e. The summed E-state index contributed by atoms with van der Waals surface area (Å²) in [5, 5.41) is 6.66. The van der Waals surface area contributed by atoms with Gasteiger partial charge in [-0.05, 0) is 5.56 Å².